The molecular weight excluding hydrogens is 494 g/mol. The highest BCUT2D eigenvalue weighted by molar-refractivity contribution is 9.11. The molecule has 3 rings (SSSR count). The molecule has 0 saturated carbocycles. The van der Waals surface area contributed by atoms with Crippen LogP contribution < -0.4 is 4.31 Å². The number of nitrogens with zero attached hydrogens (tertiary/aromatic N) is 1. The van der Waals surface area contributed by atoms with Gasteiger partial charge in [-0.2, -0.15) is 0 Å². The molecular formula is C16H15Br2NO4S2. The average Bonchev–Trinajstić information content (AvgIpc) is 2.90. The predicted octanol–water partition coefficient (Wildman–Crippen LogP) is 3.59. The van der Waals surface area contributed by atoms with Gasteiger partial charge in [-0.1, -0.05) is 34.1 Å². The molecule has 25 heavy (non-hydrogen) atoms. The summed E-state index contributed by atoms with van der Waals surface area (Å²) in [7, 11) is -7.19. The molecule has 0 aromatic heterocycles. The van der Waals surface area contributed by atoms with E-state index >= 15 is 0 Å². The number of anilines is 1. The quantitative estimate of drug-likeness (QED) is 0.632. The molecule has 1 aliphatic heterocycles. The van der Waals surface area contributed by atoms with E-state index in [9.17, 15) is 16.8 Å². The van der Waals surface area contributed by atoms with E-state index in [1.165, 1.54) is 10.4 Å². The van der Waals surface area contributed by atoms with Gasteiger partial charge in [0.15, 0.2) is 9.84 Å². The number of halogens is 2. The number of sulfone groups is 1. The zero-order chi connectivity index (χ0) is 18.2. The number of para-hydroxylation sites is 1. The van der Waals surface area contributed by atoms with Crippen LogP contribution in [0.15, 0.2) is 62.4 Å². The first-order chi connectivity index (χ1) is 11.7. The van der Waals surface area contributed by atoms with Crippen molar-refractivity contribution in [3.63, 3.8) is 0 Å². The van der Waals surface area contributed by atoms with Gasteiger partial charge in [-0.05, 0) is 52.7 Å². The number of rotatable bonds is 4. The monoisotopic (exact) mass is 507 g/mol. The molecule has 0 amide bonds. The van der Waals surface area contributed by atoms with Gasteiger partial charge in [-0.15, -0.1) is 0 Å². The zero-order valence-corrected chi connectivity index (χ0v) is 17.8. The third kappa shape index (κ3) is 3.94. The van der Waals surface area contributed by atoms with Gasteiger partial charge in [0.05, 0.1) is 23.2 Å². The van der Waals surface area contributed by atoms with Gasteiger partial charge in [0, 0.05) is 8.95 Å². The maximum Gasteiger partial charge on any atom is 0.265 e. The third-order valence-corrected chi connectivity index (χ3v) is 9.10. The van der Waals surface area contributed by atoms with Gasteiger partial charge >= 0.3 is 0 Å². The van der Waals surface area contributed by atoms with Crippen LogP contribution in [0.2, 0.25) is 0 Å². The fourth-order valence-corrected chi connectivity index (χ4v) is 7.80. The Labute approximate surface area is 164 Å². The maximum absolute atomic E-state index is 13.4. The first kappa shape index (κ1) is 18.9. The number of hydrogen-bond donors (Lipinski definition) is 0. The van der Waals surface area contributed by atoms with Gasteiger partial charge in [0.2, 0.25) is 0 Å². The van der Waals surface area contributed by atoms with Gasteiger partial charge in [-0.25, -0.2) is 16.8 Å². The summed E-state index contributed by atoms with van der Waals surface area (Å²) in [6.45, 7) is 0. The fourth-order valence-electron chi connectivity index (χ4n) is 2.86. The summed E-state index contributed by atoms with van der Waals surface area (Å²) in [4.78, 5) is 0.0926. The minimum Gasteiger partial charge on any atom is -0.262 e. The lowest BCUT2D eigenvalue weighted by Crippen LogP contribution is -2.41. The summed E-state index contributed by atoms with van der Waals surface area (Å²) < 4.78 is 52.9. The molecule has 0 bridgehead atoms. The van der Waals surface area contributed by atoms with E-state index in [4.69, 9.17) is 0 Å². The molecule has 0 N–H and O–H groups in total. The van der Waals surface area contributed by atoms with E-state index in [0.29, 0.717) is 14.6 Å². The second-order valence-electron chi connectivity index (χ2n) is 5.77. The molecule has 2 aromatic rings. The lowest BCUT2D eigenvalue weighted by molar-refractivity contribution is 0.579. The van der Waals surface area contributed by atoms with Crippen LogP contribution in [0.1, 0.15) is 6.42 Å². The van der Waals surface area contributed by atoms with Crippen molar-refractivity contribution >= 4 is 57.4 Å². The normalized spacial score (nSPS) is 19.7. The van der Waals surface area contributed by atoms with Gasteiger partial charge in [0.1, 0.15) is 4.90 Å². The Morgan fingerprint density at radius 3 is 2.32 bits per heavy atom. The number of benzene rings is 2. The van der Waals surface area contributed by atoms with E-state index in [0.717, 1.165) is 0 Å². The van der Waals surface area contributed by atoms with Crippen molar-refractivity contribution in [3.05, 3.63) is 57.5 Å². The van der Waals surface area contributed by atoms with E-state index in [-0.39, 0.29) is 22.8 Å². The summed E-state index contributed by atoms with van der Waals surface area (Å²) in [6, 6.07) is 12.9. The molecule has 0 radical (unpaired) electrons. The van der Waals surface area contributed by atoms with Crippen LogP contribution in [0, 0.1) is 0 Å². The van der Waals surface area contributed by atoms with Crippen molar-refractivity contribution in [3.8, 4) is 0 Å². The van der Waals surface area contributed by atoms with Crippen LogP contribution in [0.5, 0.6) is 0 Å². The highest BCUT2D eigenvalue weighted by Gasteiger charge is 2.39. The average molecular weight is 509 g/mol. The summed E-state index contributed by atoms with van der Waals surface area (Å²) >= 11 is 6.59. The summed E-state index contributed by atoms with van der Waals surface area (Å²) in [5.41, 5.74) is 0.455. The smallest absolute Gasteiger partial charge is 0.262 e. The molecule has 1 aliphatic rings. The predicted molar refractivity (Wildman–Crippen MR) is 105 cm³/mol. The van der Waals surface area contributed by atoms with Gasteiger partial charge in [-0.3, -0.25) is 4.31 Å². The molecule has 5 nitrogen and oxygen atoms in total. The molecule has 1 atom stereocenters. The Morgan fingerprint density at radius 2 is 1.72 bits per heavy atom. The van der Waals surface area contributed by atoms with E-state index in [2.05, 4.69) is 31.9 Å². The second-order valence-corrected chi connectivity index (χ2v) is 11.6. The molecule has 2 aromatic carbocycles. The Morgan fingerprint density at radius 1 is 1.04 bits per heavy atom. The van der Waals surface area contributed by atoms with Gasteiger partial charge < -0.3 is 0 Å². The van der Waals surface area contributed by atoms with Crippen molar-refractivity contribution in [1.82, 2.24) is 0 Å². The largest absolute Gasteiger partial charge is 0.265 e. The lowest BCUT2D eigenvalue weighted by Gasteiger charge is -2.30. The van der Waals surface area contributed by atoms with E-state index in [1.807, 2.05) is 0 Å². The molecule has 1 heterocycles. The van der Waals surface area contributed by atoms with Crippen LogP contribution in [0.25, 0.3) is 0 Å². The van der Waals surface area contributed by atoms with Crippen molar-refractivity contribution < 1.29 is 16.8 Å². The molecule has 134 valence electrons. The van der Waals surface area contributed by atoms with Crippen LogP contribution >= 0.6 is 31.9 Å². The zero-order valence-electron chi connectivity index (χ0n) is 13.0. The SMILES string of the molecule is O=S1(=O)CC[C@H](N(c2ccccc2)S(=O)(=O)c2cc(Br)ccc2Br)C1. The van der Waals surface area contributed by atoms with Crippen molar-refractivity contribution in [2.24, 2.45) is 0 Å². The Hall–Kier alpha value is -0.900. The third-order valence-electron chi connectivity index (χ3n) is 3.98. The Kier molecular flexibility index (Phi) is 5.30. The highest BCUT2D eigenvalue weighted by atomic mass is 79.9. The van der Waals surface area contributed by atoms with Crippen molar-refractivity contribution in [2.45, 2.75) is 17.4 Å². The summed E-state index contributed by atoms with van der Waals surface area (Å²) in [5, 5.41) is 0. The maximum atomic E-state index is 13.4. The highest BCUT2D eigenvalue weighted by Crippen LogP contribution is 2.34. The standard InChI is InChI=1S/C16H15Br2NO4S2/c17-12-6-7-15(18)16(10-12)25(22,23)19(13-4-2-1-3-5-13)14-8-9-24(20,21)11-14/h1-7,10,14H,8-9,11H2/t14-/m0/s1. The minimum atomic E-state index is -3.95. The second kappa shape index (κ2) is 7.02. The van der Waals surface area contributed by atoms with E-state index < -0.39 is 25.9 Å². The summed E-state index contributed by atoms with van der Waals surface area (Å²) in [6.07, 6.45) is 0.280. The first-order valence-corrected chi connectivity index (χ1v) is 12.3. The van der Waals surface area contributed by atoms with Crippen molar-refractivity contribution in [2.75, 3.05) is 15.8 Å². The van der Waals surface area contributed by atoms with E-state index in [1.54, 1.807) is 42.5 Å². The molecule has 0 aliphatic carbocycles. The van der Waals surface area contributed by atoms with Crippen LogP contribution in [0.3, 0.4) is 0 Å². The molecule has 0 spiro atoms. The fraction of sp³-hybridized carbons (Fsp3) is 0.250. The molecule has 1 saturated heterocycles. The van der Waals surface area contributed by atoms with Crippen LogP contribution in [-0.2, 0) is 19.9 Å². The van der Waals surface area contributed by atoms with Gasteiger partial charge in [0.25, 0.3) is 10.0 Å². The Bertz CT molecular complexity index is 992. The van der Waals surface area contributed by atoms with Crippen LogP contribution in [-0.4, -0.2) is 34.4 Å². The topological polar surface area (TPSA) is 71.5 Å². The lowest BCUT2D eigenvalue weighted by atomic mass is 10.2. The Balaban J connectivity index is 2.16. The molecule has 9 heteroatoms. The van der Waals surface area contributed by atoms with Crippen molar-refractivity contribution in [1.29, 1.82) is 0 Å². The van der Waals surface area contributed by atoms with Crippen LogP contribution in [0.4, 0.5) is 5.69 Å². The summed E-state index contributed by atoms with van der Waals surface area (Å²) in [5.74, 6) is -0.178. The molecule has 0 unspecified atom stereocenters. The molecule has 1 fully saturated rings. The number of sulfonamides is 1. The number of hydrogen-bond acceptors (Lipinski definition) is 4. The minimum absolute atomic E-state index is 0.00380. The first-order valence-electron chi connectivity index (χ1n) is 7.46.